The summed E-state index contributed by atoms with van der Waals surface area (Å²) in [6.45, 7) is 2.56. The van der Waals surface area contributed by atoms with E-state index >= 15 is 0 Å². The molecule has 3 N–H and O–H groups in total. The summed E-state index contributed by atoms with van der Waals surface area (Å²) in [5.74, 6) is 0.0660. The van der Waals surface area contributed by atoms with E-state index in [2.05, 4.69) is 5.32 Å². The normalized spacial score (nSPS) is 12.2. The molecule has 0 saturated heterocycles. The maximum Gasteiger partial charge on any atom is 0.220 e. The summed E-state index contributed by atoms with van der Waals surface area (Å²) >= 11 is 5.79. The molecular weight excluding hydrogens is 236 g/mol. The number of amides is 1. The van der Waals surface area contributed by atoms with Crippen molar-refractivity contribution in [3.8, 4) is 0 Å². The van der Waals surface area contributed by atoms with E-state index in [1.165, 1.54) is 5.56 Å². The number of rotatable bonds is 6. The minimum atomic E-state index is 0.0660. The van der Waals surface area contributed by atoms with Gasteiger partial charge in [-0.25, -0.2) is 0 Å². The van der Waals surface area contributed by atoms with Gasteiger partial charge in [-0.2, -0.15) is 0 Å². The van der Waals surface area contributed by atoms with Crippen LogP contribution in [-0.4, -0.2) is 18.5 Å². The minimum Gasteiger partial charge on any atom is -0.356 e. The number of hydrogen-bond acceptors (Lipinski definition) is 2. The van der Waals surface area contributed by atoms with Gasteiger partial charge in [0.05, 0.1) is 0 Å². The van der Waals surface area contributed by atoms with Crippen LogP contribution in [0.4, 0.5) is 0 Å². The molecule has 0 fully saturated rings. The average molecular weight is 255 g/mol. The van der Waals surface area contributed by atoms with Crippen LogP contribution >= 0.6 is 11.6 Å². The van der Waals surface area contributed by atoms with Crippen molar-refractivity contribution in [2.24, 2.45) is 5.73 Å². The molecule has 0 spiro atoms. The van der Waals surface area contributed by atoms with Crippen LogP contribution in [0.1, 0.15) is 25.3 Å². The molecule has 1 atom stereocenters. The van der Waals surface area contributed by atoms with Crippen molar-refractivity contribution in [2.75, 3.05) is 6.54 Å². The molecule has 1 amide bonds. The van der Waals surface area contributed by atoms with E-state index in [1.807, 2.05) is 31.2 Å². The van der Waals surface area contributed by atoms with E-state index in [4.69, 9.17) is 17.3 Å². The highest BCUT2D eigenvalue weighted by Gasteiger charge is 2.02. The molecule has 4 heteroatoms. The summed E-state index contributed by atoms with van der Waals surface area (Å²) in [6.07, 6.45) is 2.05. The molecule has 0 radical (unpaired) electrons. The van der Waals surface area contributed by atoms with E-state index in [-0.39, 0.29) is 11.9 Å². The fourth-order valence-electron chi connectivity index (χ4n) is 1.44. The van der Waals surface area contributed by atoms with Gasteiger partial charge in [-0.05, 0) is 37.5 Å². The monoisotopic (exact) mass is 254 g/mol. The fraction of sp³-hybridized carbons (Fsp3) is 0.462. The van der Waals surface area contributed by atoms with Gasteiger partial charge in [-0.15, -0.1) is 0 Å². The number of hydrogen-bond donors (Lipinski definition) is 2. The minimum absolute atomic E-state index is 0.0660. The number of benzene rings is 1. The lowest BCUT2D eigenvalue weighted by atomic mass is 10.1. The first-order valence-electron chi connectivity index (χ1n) is 5.84. The topological polar surface area (TPSA) is 55.1 Å². The molecular formula is C13H19ClN2O. The summed E-state index contributed by atoms with van der Waals surface area (Å²) in [5, 5.41) is 3.60. The zero-order chi connectivity index (χ0) is 12.7. The Balaban J connectivity index is 2.19. The highest BCUT2D eigenvalue weighted by Crippen LogP contribution is 2.09. The Labute approximate surface area is 107 Å². The quantitative estimate of drug-likeness (QED) is 0.817. The van der Waals surface area contributed by atoms with Crippen molar-refractivity contribution in [2.45, 2.75) is 32.2 Å². The van der Waals surface area contributed by atoms with Crippen molar-refractivity contribution >= 4 is 17.5 Å². The summed E-state index contributed by atoms with van der Waals surface area (Å²) in [4.78, 5) is 11.4. The highest BCUT2D eigenvalue weighted by molar-refractivity contribution is 6.30. The number of nitrogens with two attached hydrogens (primary N) is 1. The highest BCUT2D eigenvalue weighted by atomic mass is 35.5. The van der Waals surface area contributed by atoms with Gasteiger partial charge in [0.15, 0.2) is 0 Å². The van der Waals surface area contributed by atoms with Gasteiger partial charge in [0.25, 0.3) is 0 Å². The Kier molecular flexibility index (Phi) is 6.01. The molecule has 0 heterocycles. The molecule has 1 unspecified atom stereocenters. The van der Waals surface area contributed by atoms with Gasteiger partial charge in [0, 0.05) is 24.0 Å². The maximum atomic E-state index is 11.4. The van der Waals surface area contributed by atoms with Gasteiger partial charge in [0.1, 0.15) is 0 Å². The number of halogens is 1. The van der Waals surface area contributed by atoms with Gasteiger partial charge in [-0.1, -0.05) is 23.7 Å². The lowest BCUT2D eigenvalue weighted by Crippen LogP contribution is -2.27. The molecule has 94 valence electrons. The lowest BCUT2D eigenvalue weighted by molar-refractivity contribution is -0.121. The fourth-order valence-corrected chi connectivity index (χ4v) is 1.57. The standard InChI is InChI=1S/C13H19ClN2O/c1-10(15)2-7-13(17)16-9-8-11-3-5-12(14)6-4-11/h3-6,10H,2,7-9,15H2,1H3,(H,16,17). The summed E-state index contributed by atoms with van der Waals surface area (Å²) < 4.78 is 0. The zero-order valence-corrected chi connectivity index (χ0v) is 10.8. The third-order valence-corrected chi connectivity index (χ3v) is 2.73. The van der Waals surface area contributed by atoms with E-state index in [0.717, 1.165) is 17.9 Å². The first-order chi connectivity index (χ1) is 8.08. The Morgan fingerprint density at radius 3 is 2.65 bits per heavy atom. The van der Waals surface area contributed by atoms with Crippen LogP contribution in [0.2, 0.25) is 5.02 Å². The van der Waals surface area contributed by atoms with Crippen molar-refractivity contribution in [1.82, 2.24) is 5.32 Å². The molecule has 0 bridgehead atoms. The predicted molar refractivity (Wildman–Crippen MR) is 71.0 cm³/mol. The van der Waals surface area contributed by atoms with Crippen molar-refractivity contribution in [1.29, 1.82) is 0 Å². The predicted octanol–water partition coefficient (Wildman–Crippen LogP) is 2.13. The Morgan fingerprint density at radius 1 is 1.41 bits per heavy atom. The van der Waals surface area contributed by atoms with Gasteiger partial charge < -0.3 is 11.1 Å². The van der Waals surface area contributed by atoms with Crippen molar-refractivity contribution in [3.63, 3.8) is 0 Å². The lowest BCUT2D eigenvalue weighted by Gasteiger charge is -2.07. The van der Waals surface area contributed by atoms with Gasteiger partial charge in [-0.3, -0.25) is 4.79 Å². The van der Waals surface area contributed by atoms with Crippen LogP contribution in [-0.2, 0) is 11.2 Å². The van der Waals surface area contributed by atoms with Gasteiger partial charge >= 0.3 is 0 Å². The van der Waals surface area contributed by atoms with Gasteiger partial charge in [0.2, 0.25) is 5.91 Å². The molecule has 1 rings (SSSR count). The summed E-state index contributed by atoms with van der Waals surface area (Å²) in [6, 6.07) is 7.73. The van der Waals surface area contributed by atoms with Crippen molar-refractivity contribution in [3.05, 3.63) is 34.9 Å². The van der Waals surface area contributed by atoms with E-state index < -0.39 is 0 Å². The van der Waals surface area contributed by atoms with Crippen LogP contribution in [0, 0.1) is 0 Å². The summed E-state index contributed by atoms with van der Waals surface area (Å²) in [7, 11) is 0. The SMILES string of the molecule is CC(N)CCC(=O)NCCc1ccc(Cl)cc1. The number of carbonyl (C=O) groups excluding carboxylic acids is 1. The van der Waals surface area contributed by atoms with Crippen molar-refractivity contribution < 1.29 is 4.79 Å². The van der Waals surface area contributed by atoms with E-state index in [9.17, 15) is 4.79 Å². The smallest absolute Gasteiger partial charge is 0.220 e. The number of carbonyl (C=O) groups is 1. The second kappa shape index (κ2) is 7.30. The first-order valence-corrected chi connectivity index (χ1v) is 6.22. The molecule has 17 heavy (non-hydrogen) atoms. The molecule has 3 nitrogen and oxygen atoms in total. The van der Waals surface area contributed by atoms with Crippen LogP contribution in [0.25, 0.3) is 0 Å². The van der Waals surface area contributed by atoms with Crippen LogP contribution in [0.3, 0.4) is 0 Å². The van der Waals surface area contributed by atoms with E-state index in [1.54, 1.807) is 0 Å². The van der Waals surface area contributed by atoms with Crippen LogP contribution in [0.5, 0.6) is 0 Å². The molecule has 0 aromatic heterocycles. The van der Waals surface area contributed by atoms with E-state index in [0.29, 0.717) is 13.0 Å². The Morgan fingerprint density at radius 2 is 2.06 bits per heavy atom. The third kappa shape index (κ3) is 6.29. The second-order valence-corrected chi connectivity index (χ2v) is 4.68. The molecule has 1 aromatic rings. The molecule has 1 aromatic carbocycles. The average Bonchev–Trinajstić information content (AvgIpc) is 2.29. The molecule has 0 aliphatic rings. The summed E-state index contributed by atoms with van der Waals surface area (Å²) in [5.41, 5.74) is 6.75. The molecule has 0 aliphatic carbocycles. The van der Waals surface area contributed by atoms with Crippen LogP contribution in [0.15, 0.2) is 24.3 Å². The first kappa shape index (κ1) is 14.0. The Hall–Kier alpha value is -1.06. The molecule has 0 saturated carbocycles. The third-order valence-electron chi connectivity index (χ3n) is 2.48. The molecule has 0 aliphatic heterocycles. The maximum absolute atomic E-state index is 11.4. The number of nitrogens with one attached hydrogen (secondary N) is 1. The zero-order valence-electron chi connectivity index (χ0n) is 10.1. The Bertz CT molecular complexity index is 349. The van der Waals surface area contributed by atoms with Crippen LogP contribution < -0.4 is 11.1 Å². The largest absolute Gasteiger partial charge is 0.356 e. The second-order valence-electron chi connectivity index (χ2n) is 4.24.